The molecule has 5 heteroatoms. The van der Waals surface area contributed by atoms with E-state index >= 15 is 0 Å². The van der Waals surface area contributed by atoms with Gasteiger partial charge in [-0.1, -0.05) is 24.6 Å². The van der Waals surface area contributed by atoms with Gasteiger partial charge in [0.25, 0.3) is 5.91 Å². The molecule has 2 aliphatic rings. The van der Waals surface area contributed by atoms with Crippen LogP contribution >= 0.6 is 0 Å². The van der Waals surface area contributed by atoms with Gasteiger partial charge in [0.2, 0.25) is 0 Å². The maximum Gasteiger partial charge on any atom is 0.260 e. The number of benzene rings is 1. The molecule has 1 fully saturated rings. The number of hydrogen-bond donors (Lipinski definition) is 0. The number of aromatic nitrogens is 1. The number of nitrogens with zero attached hydrogens (tertiary/aromatic N) is 3. The van der Waals surface area contributed by atoms with E-state index in [1.807, 2.05) is 36.5 Å². The molecule has 2 aliphatic heterocycles. The van der Waals surface area contributed by atoms with Crippen molar-refractivity contribution in [2.75, 3.05) is 26.7 Å². The SMILES string of the molecule is CN1C(=O)COc2ccccc2CCCC[C@H]2CN(Cc3ccncc3)CC[C@H]21. The van der Waals surface area contributed by atoms with Crippen molar-refractivity contribution in [2.45, 2.75) is 44.7 Å². The number of carbonyl (C=O) groups excluding carboxylic acids is 1. The van der Waals surface area contributed by atoms with Gasteiger partial charge in [-0.05, 0) is 60.9 Å². The molecular weight excluding hydrogens is 362 g/mol. The van der Waals surface area contributed by atoms with E-state index in [4.69, 9.17) is 4.74 Å². The van der Waals surface area contributed by atoms with Crippen LogP contribution in [0.25, 0.3) is 0 Å². The minimum atomic E-state index is 0.0814. The highest BCUT2D eigenvalue weighted by Gasteiger charge is 2.33. The fraction of sp³-hybridized carbons (Fsp3) is 0.500. The molecule has 0 saturated carbocycles. The number of rotatable bonds is 2. The van der Waals surface area contributed by atoms with Crippen LogP contribution in [0.15, 0.2) is 48.8 Å². The van der Waals surface area contributed by atoms with Crippen LogP contribution in [0.1, 0.15) is 36.8 Å². The van der Waals surface area contributed by atoms with Gasteiger partial charge in [-0.25, -0.2) is 0 Å². The van der Waals surface area contributed by atoms with Gasteiger partial charge in [0.1, 0.15) is 5.75 Å². The minimum Gasteiger partial charge on any atom is -0.483 e. The first kappa shape index (κ1) is 19.9. The Morgan fingerprint density at radius 1 is 1.10 bits per heavy atom. The van der Waals surface area contributed by atoms with Gasteiger partial charge in [-0.3, -0.25) is 14.7 Å². The molecule has 0 spiro atoms. The van der Waals surface area contributed by atoms with E-state index in [9.17, 15) is 4.79 Å². The number of aryl methyl sites for hydroxylation is 1. The van der Waals surface area contributed by atoms with Crippen molar-refractivity contribution in [3.05, 3.63) is 59.9 Å². The number of piperidine rings is 1. The van der Waals surface area contributed by atoms with Crippen LogP contribution in [0.3, 0.4) is 0 Å². The lowest BCUT2D eigenvalue weighted by Crippen LogP contribution is -2.52. The zero-order valence-electron chi connectivity index (χ0n) is 17.3. The summed E-state index contributed by atoms with van der Waals surface area (Å²) in [4.78, 5) is 21.5. The quantitative estimate of drug-likeness (QED) is 0.783. The second kappa shape index (κ2) is 9.40. The lowest BCUT2D eigenvalue weighted by Gasteiger charge is -2.43. The summed E-state index contributed by atoms with van der Waals surface area (Å²) in [5.74, 6) is 1.45. The van der Waals surface area contributed by atoms with Crippen molar-refractivity contribution < 1.29 is 9.53 Å². The van der Waals surface area contributed by atoms with Crippen molar-refractivity contribution in [2.24, 2.45) is 5.92 Å². The molecule has 1 aromatic carbocycles. The molecule has 2 aromatic rings. The smallest absolute Gasteiger partial charge is 0.260 e. The van der Waals surface area contributed by atoms with Gasteiger partial charge in [-0.15, -0.1) is 0 Å². The minimum absolute atomic E-state index is 0.0814. The Morgan fingerprint density at radius 2 is 1.93 bits per heavy atom. The third-order valence-electron chi connectivity index (χ3n) is 6.42. The standard InChI is InChI=1S/C24H31N3O2/c1-26-22-12-15-27(16-19-10-13-25-14-11-19)17-21(22)8-3-2-6-20-7-4-5-9-23(20)29-18-24(26)28/h4-5,7,9-11,13-14,21-22H,2-3,6,8,12,15-18H2,1H3/t21-,22+/m0/s1. The number of likely N-dealkylation sites (N-methyl/N-ethyl adjacent to an activating group) is 1. The van der Waals surface area contributed by atoms with Gasteiger partial charge >= 0.3 is 0 Å². The van der Waals surface area contributed by atoms with E-state index in [0.717, 1.165) is 51.1 Å². The summed E-state index contributed by atoms with van der Waals surface area (Å²) in [5, 5.41) is 0. The second-order valence-corrected chi connectivity index (χ2v) is 8.35. The zero-order chi connectivity index (χ0) is 20.1. The lowest BCUT2D eigenvalue weighted by molar-refractivity contribution is -0.136. The largest absolute Gasteiger partial charge is 0.483 e. The normalized spacial score (nSPS) is 23.9. The summed E-state index contributed by atoms with van der Waals surface area (Å²) in [6.45, 7) is 3.14. The maximum absolute atomic E-state index is 12.8. The molecule has 4 rings (SSSR count). The number of ether oxygens (including phenoxy) is 1. The molecule has 0 aliphatic carbocycles. The molecule has 154 valence electrons. The van der Waals surface area contributed by atoms with Crippen LogP contribution in [0, 0.1) is 5.92 Å². The summed E-state index contributed by atoms with van der Waals surface area (Å²) >= 11 is 0. The molecule has 1 aromatic heterocycles. The Hall–Kier alpha value is -2.40. The molecular formula is C24H31N3O2. The Bertz CT molecular complexity index is 811. The Morgan fingerprint density at radius 3 is 2.79 bits per heavy atom. The molecule has 29 heavy (non-hydrogen) atoms. The van der Waals surface area contributed by atoms with Crippen molar-refractivity contribution in [1.82, 2.24) is 14.8 Å². The van der Waals surface area contributed by atoms with Crippen molar-refractivity contribution >= 4 is 5.91 Å². The first-order valence-electron chi connectivity index (χ1n) is 10.8. The van der Waals surface area contributed by atoms with E-state index in [1.54, 1.807) is 0 Å². The Kier molecular flexibility index (Phi) is 6.45. The summed E-state index contributed by atoms with van der Waals surface area (Å²) < 4.78 is 5.92. The Balaban J connectivity index is 1.46. The number of hydrogen-bond acceptors (Lipinski definition) is 4. The number of para-hydroxylation sites is 1. The van der Waals surface area contributed by atoms with Crippen molar-refractivity contribution in [3.63, 3.8) is 0 Å². The highest BCUT2D eigenvalue weighted by molar-refractivity contribution is 5.78. The molecule has 5 nitrogen and oxygen atoms in total. The average molecular weight is 394 g/mol. The molecule has 0 unspecified atom stereocenters. The third-order valence-corrected chi connectivity index (χ3v) is 6.42. The summed E-state index contributed by atoms with van der Waals surface area (Å²) in [5.41, 5.74) is 2.52. The van der Waals surface area contributed by atoms with Crippen molar-refractivity contribution in [3.8, 4) is 5.75 Å². The predicted molar refractivity (Wildman–Crippen MR) is 114 cm³/mol. The van der Waals surface area contributed by atoms with Gasteiger partial charge < -0.3 is 9.64 Å². The van der Waals surface area contributed by atoms with Gasteiger partial charge in [0, 0.05) is 45.1 Å². The van der Waals surface area contributed by atoms with Gasteiger partial charge in [-0.2, -0.15) is 0 Å². The Labute approximate surface area is 173 Å². The molecule has 1 saturated heterocycles. The molecule has 2 atom stereocenters. The first-order chi connectivity index (χ1) is 14.2. The average Bonchev–Trinajstić information content (AvgIpc) is 2.75. The zero-order valence-corrected chi connectivity index (χ0v) is 17.3. The summed E-state index contributed by atoms with van der Waals surface area (Å²) in [6.07, 6.45) is 9.27. The molecule has 0 N–H and O–H groups in total. The second-order valence-electron chi connectivity index (χ2n) is 8.35. The van der Waals surface area contributed by atoms with Gasteiger partial charge in [0.05, 0.1) is 0 Å². The predicted octanol–water partition coefficient (Wildman–Crippen LogP) is 3.54. The van der Waals surface area contributed by atoms with Crippen LogP contribution < -0.4 is 4.74 Å². The number of pyridine rings is 1. The molecule has 1 amide bonds. The maximum atomic E-state index is 12.8. The van der Waals surface area contributed by atoms with Crippen LogP contribution in [-0.2, 0) is 17.8 Å². The molecule has 0 bridgehead atoms. The summed E-state index contributed by atoms with van der Waals surface area (Å²) in [6, 6.07) is 12.6. The van der Waals surface area contributed by atoms with E-state index in [0.29, 0.717) is 12.0 Å². The van der Waals surface area contributed by atoms with E-state index < -0.39 is 0 Å². The van der Waals surface area contributed by atoms with E-state index in [1.165, 1.54) is 17.5 Å². The van der Waals surface area contributed by atoms with Crippen LogP contribution in [0.4, 0.5) is 0 Å². The molecule has 0 radical (unpaired) electrons. The lowest BCUT2D eigenvalue weighted by atomic mass is 9.86. The topological polar surface area (TPSA) is 45.7 Å². The number of amides is 1. The number of fused-ring (bicyclic) bond motifs is 2. The highest BCUT2D eigenvalue weighted by atomic mass is 16.5. The monoisotopic (exact) mass is 393 g/mol. The van der Waals surface area contributed by atoms with Crippen LogP contribution in [0.5, 0.6) is 5.75 Å². The first-order valence-corrected chi connectivity index (χ1v) is 10.8. The van der Waals surface area contributed by atoms with Crippen LogP contribution in [0.2, 0.25) is 0 Å². The van der Waals surface area contributed by atoms with E-state index in [2.05, 4.69) is 34.1 Å². The third kappa shape index (κ3) is 4.96. The number of carbonyl (C=O) groups is 1. The fourth-order valence-electron chi connectivity index (χ4n) is 4.78. The van der Waals surface area contributed by atoms with E-state index in [-0.39, 0.29) is 12.5 Å². The van der Waals surface area contributed by atoms with Crippen molar-refractivity contribution in [1.29, 1.82) is 0 Å². The fourth-order valence-corrected chi connectivity index (χ4v) is 4.78. The van der Waals surface area contributed by atoms with Crippen LogP contribution in [-0.4, -0.2) is 53.5 Å². The highest BCUT2D eigenvalue weighted by Crippen LogP contribution is 2.29. The molecule has 3 heterocycles. The van der Waals surface area contributed by atoms with Gasteiger partial charge in [0.15, 0.2) is 6.61 Å². The summed E-state index contributed by atoms with van der Waals surface area (Å²) in [7, 11) is 1.96. The number of likely N-dealkylation sites (tertiary alicyclic amines) is 1.